The predicted molar refractivity (Wildman–Crippen MR) is 62.6 cm³/mol. The van der Waals surface area contributed by atoms with Crippen LogP contribution in [0.3, 0.4) is 0 Å². The molecule has 84 valence electrons. The SMILES string of the molecule is CC(CN(C)C)NC(C)C1CCCC1. The van der Waals surface area contributed by atoms with E-state index in [-0.39, 0.29) is 0 Å². The Bertz CT molecular complexity index is 150. The van der Waals surface area contributed by atoms with Gasteiger partial charge in [0.05, 0.1) is 0 Å². The largest absolute Gasteiger partial charge is 0.310 e. The van der Waals surface area contributed by atoms with Gasteiger partial charge in [-0.05, 0) is 46.7 Å². The molecule has 2 nitrogen and oxygen atoms in total. The van der Waals surface area contributed by atoms with Crippen LogP contribution in [0.15, 0.2) is 0 Å². The molecule has 1 aliphatic rings. The molecule has 2 atom stereocenters. The Morgan fingerprint density at radius 3 is 2.29 bits per heavy atom. The lowest BCUT2D eigenvalue weighted by molar-refractivity contribution is 0.296. The molecule has 0 spiro atoms. The molecule has 0 amide bonds. The summed E-state index contributed by atoms with van der Waals surface area (Å²) in [6, 6.07) is 1.31. The Morgan fingerprint density at radius 2 is 1.79 bits per heavy atom. The first-order valence-corrected chi connectivity index (χ1v) is 6.00. The van der Waals surface area contributed by atoms with E-state index in [1.807, 2.05) is 0 Å². The van der Waals surface area contributed by atoms with Gasteiger partial charge in [-0.3, -0.25) is 0 Å². The molecule has 1 rings (SSSR count). The van der Waals surface area contributed by atoms with Crippen LogP contribution in [-0.4, -0.2) is 37.6 Å². The Hall–Kier alpha value is -0.0800. The van der Waals surface area contributed by atoms with Gasteiger partial charge in [0.15, 0.2) is 0 Å². The fourth-order valence-electron chi connectivity index (χ4n) is 2.64. The topological polar surface area (TPSA) is 15.3 Å². The Kier molecular flexibility index (Phi) is 4.90. The molecule has 2 unspecified atom stereocenters. The maximum absolute atomic E-state index is 3.71. The summed E-state index contributed by atoms with van der Waals surface area (Å²) in [7, 11) is 4.27. The van der Waals surface area contributed by atoms with Crippen LogP contribution in [0.4, 0.5) is 0 Å². The van der Waals surface area contributed by atoms with Crippen LogP contribution in [0.5, 0.6) is 0 Å². The number of hydrogen-bond acceptors (Lipinski definition) is 2. The normalized spacial score (nSPS) is 22.9. The molecule has 0 heterocycles. The zero-order valence-electron chi connectivity index (χ0n) is 10.2. The summed E-state index contributed by atoms with van der Waals surface area (Å²) >= 11 is 0. The van der Waals surface area contributed by atoms with E-state index in [1.54, 1.807) is 0 Å². The van der Waals surface area contributed by atoms with Crippen molar-refractivity contribution in [2.24, 2.45) is 5.92 Å². The number of nitrogens with zero attached hydrogens (tertiary/aromatic N) is 1. The van der Waals surface area contributed by atoms with Gasteiger partial charge in [0.2, 0.25) is 0 Å². The molecule has 0 aromatic heterocycles. The number of nitrogens with one attached hydrogen (secondary N) is 1. The van der Waals surface area contributed by atoms with Crippen molar-refractivity contribution in [3.63, 3.8) is 0 Å². The van der Waals surface area contributed by atoms with E-state index < -0.39 is 0 Å². The van der Waals surface area contributed by atoms with Gasteiger partial charge in [0.1, 0.15) is 0 Å². The van der Waals surface area contributed by atoms with Crippen molar-refractivity contribution < 1.29 is 0 Å². The highest BCUT2D eigenvalue weighted by molar-refractivity contribution is 4.79. The predicted octanol–water partition coefficient (Wildman–Crippen LogP) is 2.10. The molecule has 1 N–H and O–H groups in total. The zero-order chi connectivity index (χ0) is 10.6. The fourth-order valence-corrected chi connectivity index (χ4v) is 2.64. The molecule has 2 heteroatoms. The molecule has 0 aromatic carbocycles. The third-order valence-electron chi connectivity index (χ3n) is 3.29. The summed E-state index contributed by atoms with van der Waals surface area (Å²) in [5, 5.41) is 3.71. The summed E-state index contributed by atoms with van der Waals surface area (Å²) in [6.45, 7) is 5.77. The second-order valence-electron chi connectivity index (χ2n) is 5.16. The molecular formula is C12H26N2. The van der Waals surface area contributed by atoms with Crippen LogP contribution in [0.1, 0.15) is 39.5 Å². The highest BCUT2D eigenvalue weighted by Gasteiger charge is 2.22. The standard InChI is InChI=1S/C12H26N2/c1-10(9-14(3)4)13-11(2)12-7-5-6-8-12/h10-13H,5-9H2,1-4H3. The van der Waals surface area contributed by atoms with E-state index in [0.29, 0.717) is 12.1 Å². The van der Waals surface area contributed by atoms with E-state index in [2.05, 4.69) is 38.2 Å². The maximum atomic E-state index is 3.71. The summed E-state index contributed by atoms with van der Waals surface area (Å²) in [6.07, 6.45) is 5.75. The van der Waals surface area contributed by atoms with Crippen molar-refractivity contribution in [2.75, 3.05) is 20.6 Å². The summed E-state index contributed by atoms with van der Waals surface area (Å²) < 4.78 is 0. The second kappa shape index (κ2) is 5.72. The van der Waals surface area contributed by atoms with Gasteiger partial charge in [-0.2, -0.15) is 0 Å². The van der Waals surface area contributed by atoms with Crippen LogP contribution in [0.25, 0.3) is 0 Å². The van der Waals surface area contributed by atoms with E-state index in [0.717, 1.165) is 12.5 Å². The van der Waals surface area contributed by atoms with Crippen LogP contribution < -0.4 is 5.32 Å². The summed E-state index contributed by atoms with van der Waals surface area (Å²) in [5.41, 5.74) is 0. The lowest BCUT2D eigenvalue weighted by atomic mass is 9.99. The molecule has 0 aliphatic heterocycles. The first-order chi connectivity index (χ1) is 6.59. The minimum atomic E-state index is 0.612. The van der Waals surface area contributed by atoms with Gasteiger partial charge in [-0.1, -0.05) is 12.8 Å². The average molecular weight is 198 g/mol. The Labute approximate surface area is 89.1 Å². The highest BCUT2D eigenvalue weighted by atomic mass is 15.1. The molecule has 1 fully saturated rings. The van der Waals surface area contributed by atoms with Gasteiger partial charge in [-0.15, -0.1) is 0 Å². The minimum absolute atomic E-state index is 0.612. The van der Waals surface area contributed by atoms with Crippen LogP contribution in [-0.2, 0) is 0 Å². The Morgan fingerprint density at radius 1 is 1.21 bits per heavy atom. The fraction of sp³-hybridized carbons (Fsp3) is 1.00. The first-order valence-electron chi connectivity index (χ1n) is 6.00. The van der Waals surface area contributed by atoms with Crippen molar-refractivity contribution in [3.8, 4) is 0 Å². The number of likely N-dealkylation sites (N-methyl/N-ethyl adjacent to an activating group) is 1. The van der Waals surface area contributed by atoms with E-state index in [9.17, 15) is 0 Å². The number of rotatable bonds is 5. The van der Waals surface area contributed by atoms with Crippen molar-refractivity contribution in [2.45, 2.75) is 51.6 Å². The maximum Gasteiger partial charge on any atom is 0.0169 e. The van der Waals surface area contributed by atoms with Crippen molar-refractivity contribution in [3.05, 3.63) is 0 Å². The number of hydrogen-bond donors (Lipinski definition) is 1. The Balaban J connectivity index is 2.21. The third kappa shape index (κ3) is 3.97. The van der Waals surface area contributed by atoms with Gasteiger partial charge >= 0.3 is 0 Å². The van der Waals surface area contributed by atoms with Gasteiger partial charge in [0.25, 0.3) is 0 Å². The van der Waals surface area contributed by atoms with Crippen molar-refractivity contribution in [1.82, 2.24) is 10.2 Å². The molecule has 14 heavy (non-hydrogen) atoms. The van der Waals surface area contributed by atoms with E-state index >= 15 is 0 Å². The van der Waals surface area contributed by atoms with Crippen molar-refractivity contribution in [1.29, 1.82) is 0 Å². The quantitative estimate of drug-likeness (QED) is 0.728. The molecule has 0 bridgehead atoms. The molecule has 0 aromatic rings. The van der Waals surface area contributed by atoms with Gasteiger partial charge < -0.3 is 10.2 Å². The molecule has 0 radical (unpaired) electrons. The highest BCUT2D eigenvalue weighted by Crippen LogP contribution is 2.27. The van der Waals surface area contributed by atoms with Gasteiger partial charge in [-0.25, -0.2) is 0 Å². The average Bonchev–Trinajstić information content (AvgIpc) is 2.53. The third-order valence-corrected chi connectivity index (χ3v) is 3.29. The second-order valence-corrected chi connectivity index (χ2v) is 5.16. The van der Waals surface area contributed by atoms with E-state index in [4.69, 9.17) is 0 Å². The first kappa shape index (κ1) is 12.0. The zero-order valence-corrected chi connectivity index (χ0v) is 10.2. The van der Waals surface area contributed by atoms with Crippen LogP contribution in [0.2, 0.25) is 0 Å². The van der Waals surface area contributed by atoms with Gasteiger partial charge in [0, 0.05) is 18.6 Å². The van der Waals surface area contributed by atoms with Crippen molar-refractivity contribution >= 4 is 0 Å². The summed E-state index contributed by atoms with van der Waals surface area (Å²) in [5.74, 6) is 0.930. The lowest BCUT2D eigenvalue weighted by Gasteiger charge is -2.26. The molecule has 0 saturated heterocycles. The lowest BCUT2D eigenvalue weighted by Crippen LogP contribution is -2.43. The summed E-state index contributed by atoms with van der Waals surface area (Å²) in [4.78, 5) is 2.25. The molecule has 1 aliphatic carbocycles. The molecule has 1 saturated carbocycles. The van der Waals surface area contributed by atoms with Crippen LogP contribution >= 0.6 is 0 Å². The van der Waals surface area contributed by atoms with Crippen LogP contribution in [0, 0.1) is 5.92 Å². The molecular weight excluding hydrogens is 172 g/mol. The minimum Gasteiger partial charge on any atom is -0.310 e. The monoisotopic (exact) mass is 198 g/mol. The van der Waals surface area contributed by atoms with E-state index in [1.165, 1.54) is 25.7 Å². The smallest absolute Gasteiger partial charge is 0.0169 e.